The van der Waals surface area contributed by atoms with Crippen molar-refractivity contribution >= 4 is 39.5 Å². The number of Topliss-reactive ketones (excluding diaryl/α,β-unsaturated/α-hetero) is 1. The number of hydrogen-bond donors (Lipinski definition) is 2. The maximum Gasteiger partial charge on any atom is 0.419 e. The number of aromatic nitrogens is 2. The van der Waals surface area contributed by atoms with Crippen LogP contribution in [0.5, 0.6) is 0 Å². The summed E-state index contributed by atoms with van der Waals surface area (Å²) in [6.07, 6.45) is -0.115. The first-order valence-electron chi connectivity index (χ1n) is 10.5. The molecule has 2 aromatic carbocycles. The third kappa shape index (κ3) is 7.10. The van der Waals surface area contributed by atoms with Crippen LogP contribution in [-0.2, 0) is 19.1 Å². The predicted octanol–water partition coefficient (Wildman–Crippen LogP) is 2.24. The molecule has 2 aromatic heterocycles. The minimum absolute atomic E-state index is 0.0706. The SMILES string of the molecule is COC(=O)CC(C)=O.COC(=O)c1c(C)[nH]c2ccccc2c1=O.O=c1[nH]c2ccccc2c(=O)o1. The van der Waals surface area contributed by atoms with Crippen molar-refractivity contribution in [1.82, 2.24) is 9.97 Å². The van der Waals surface area contributed by atoms with E-state index in [1.807, 2.05) is 6.07 Å². The van der Waals surface area contributed by atoms with E-state index in [0.29, 0.717) is 22.0 Å². The van der Waals surface area contributed by atoms with E-state index in [0.717, 1.165) is 5.52 Å². The first-order chi connectivity index (χ1) is 17.1. The number of nitrogens with one attached hydrogen (secondary N) is 2. The molecule has 11 nitrogen and oxygen atoms in total. The van der Waals surface area contributed by atoms with Crippen molar-refractivity contribution in [2.75, 3.05) is 14.2 Å². The van der Waals surface area contributed by atoms with E-state index in [-0.39, 0.29) is 23.2 Å². The van der Waals surface area contributed by atoms with Gasteiger partial charge in [-0.15, -0.1) is 0 Å². The highest BCUT2D eigenvalue weighted by Crippen LogP contribution is 2.11. The van der Waals surface area contributed by atoms with Crippen LogP contribution in [0.2, 0.25) is 0 Å². The van der Waals surface area contributed by atoms with Crippen molar-refractivity contribution in [2.45, 2.75) is 20.3 Å². The Balaban J connectivity index is 0.000000202. The summed E-state index contributed by atoms with van der Waals surface area (Å²) >= 11 is 0. The Morgan fingerprint density at radius 3 is 1.92 bits per heavy atom. The third-order valence-electron chi connectivity index (χ3n) is 4.68. The number of pyridine rings is 1. The maximum atomic E-state index is 12.0. The number of carbonyl (C=O) groups excluding carboxylic acids is 3. The number of esters is 2. The molecular weight excluding hydrogens is 472 g/mol. The number of H-pyrrole nitrogens is 2. The van der Waals surface area contributed by atoms with Gasteiger partial charge in [-0.25, -0.2) is 14.4 Å². The fourth-order valence-electron chi connectivity index (χ4n) is 3.03. The molecule has 0 radical (unpaired) electrons. The molecular formula is C25H24N2O9. The molecule has 0 amide bonds. The van der Waals surface area contributed by atoms with Crippen LogP contribution in [0.15, 0.2) is 67.3 Å². The summed E-state index contributed by atoms with van der Waals surface area (Å²) in [6, 6.07) is 13.7. The van der Waals surface area contributed by atoms with Crippen molar-refractivity contribution in [2.24, 2.45) is 0 Å². The molecule has 0 saturated carbocycles. The summed E-state index contributed by atoms with van der Waals surface area (Å²) in [5, 5.41) is 0.880. The highest BCUT2D eigenvalue weighted by Gasteiger charge is 2.16. The smallest absolute Gasteiger partial charge is 0.419 e. The van der Waals surface area contributed by atoms with Crippen molar-refractivity contribution < 1.29 is 28.3 Å². The van der Waals surface area contributed by atoms with Crippen LogP contribution in [0.1, 0.15) is 29.4 Å². The van der Waals surface area contributed by atoms with Gasteiger partial charge >= 0.3 is 23.3 Å². The lowest BCUT2D eigenvalue weighted by molar-refractivity contribution is -0.142. The molecule has 0 spiro atoms. The highest BCUT2D eigenvalue weighted by molar-refractivity contribution is 5.95. The number of ether oxygens (including phenoxy) is 2. The van der Waals surface area contributed by atoms with E-state index < -0.39 is 23.3 Å². The van der Waals surface area contributed by atoms with Gasteiger partial charge in [0.1, 0.15) is 17.8 Å². The Morgan fingerprint density at radius 2 is 1.39 bits per heavy atom. The first kappa shape index (κ1) is 27.4. The average Bonchev–Trinajstić information content (AvgIpc) is 2.84. The molecule has 188 valence electrons. The zero-order valence-corrected chi connectivity index (χ0v) is 20.0. The van der Waals surface area contributed by atoms with Crippen LogP contribution in [-0.4, -0.2) is 41.9 Å². The number of aromatic amines is 2. The number of methoxy groups -OCH3 is 2. The van der Waals surface area contributed by atoms with Gasteiger partial charge in [0.15, 0.2) is 0 Å². The van der Waals surface area contributed by atoms with Crippen LogP contribution in [0.25, 0.3) is 21.8 Å². The summed E-state index contributed by atoms with van der Waals surface area (Å²) in [5.74, 6) is -1.97. The number of fused-ring (bicyclic) bond motifs is 2. The zero-order valence-electron chi connectivity index (χ0n) is 20.0. The first-order valence-corrected chi connectivity index (χ1v) is 10.5. The number of ketones is 1. The fraction of sp³-hybridized carbons (Fsp3) is 0.200. The number of carbonyl (C=O) groups is 3. The molecule has 36 heavy (non-hydrogen) atoms. The lowest BCUT2D eigenvalue weighted by atomic mass is 10.1. The standard InChI is InChI=1S/C12H11NO3.C8H5NO3.C5H8O3/c1-7-10(12(15)16-2)11(14)8-5-3-4-6-9(8)13-7;10-7-5-3-1-2-4-6(5)9-8(11)12-7;1-4(6)3-5(7)8-2/h3-6H,1-2H3,(H,13,14);1-4H,(H,9,11);3H2,1-2H3. The summed E-state index contributed by atoms with van der Waals surface area (Å²) in [4.78, 5) is 70.9. The Hall–Kier alpha value is -4.80. The summed E-state index contributed by atoms with van der Waals surface area (Å²) in [5.41, 5.74) is 0.918. The summed E-state index contributed by atoms with van der Waals surface area (Å²) in [6.45, 7) is 3.02. The van der Waals surface area contributed by atoms with Crippen LogP contribution in [0.3, 0.4) is 0 Å². The van der Waals surface area contributed by atoms with E-state index in [9.17, 15) is 28.8 Å². The predicted molar refractivity (Wildman–Crippen MR) is 131 cm³/mol. The lowest BCUT2D eigenvalue weighted by Crippen LogP contribution is -2.19. The number of aryl methyl sites for hydroxylation is 1. The lowest BCUT2D eigenvalue weighted by Gasteiger charge is -2.05. The van der Waals surface area contributed by atoms with Gasteiger partial charge in [-0.3, -0.25) is 19.4 Å². The highest BCUT2D eigenvalue weighted by atomic mass is 16.5. The van der Waals surface area contributed by atoms with Crippen LogP contribution in [0.4, 0.5) is 0 Å². The Labute approximate surface area is 203 Å². The van der Waals surface area contributed by atoms with E-state index in [1.165, 1.54) is 21.1 Å². The van der Waals surface area contributed by atoms with Crippen LogP contribution in [0, 0.1) is 6.92 Å². The molecule has 0 fully saturated rings. The van der Waals surface area contributed by atoms with Crippen LogP contribution >= 0.6 is 0 Å². The van der Waals surface area contributed by atoms with E-state index in [1.54, 1.807) is 49.4 Å². The molecule has 0 bridgehead atoms. The van der Waals surface area contributed by atoms with Gasteiger partial charge in [0, 0.05) is 16.6 Å². The van der Waals surface area contributed by atoms with E-state index in [2.05, 4.69) is 23.9 Å². The topological polar surface area (TPSA) is 166 Å². The molecule has 4 rings (SSSR count). The number of para-hydroxylation sites is 2. The molecule has 0 aliphatic carbocycles. The molecule has 0 aliphatic heterocycles. The fourth-order valence-corrected chi connectivity index (χ4v) is 3.03. The molecule has 0 aliphatic rings. The van der Waals surface area contributed by atoms with Gasteiger partial charge in [0.2, 0.25) is 5.43 Å². The number of rotatable bonds is 3. The van der Waals surface area contributed by atoms with Crippen molar-refractivity contribution in [3.63, 3.8) is 0 Å². The average molecular weight is 496 g/mol. The van der Waals surface area contributed by atoms with Gasteiger partial charge in [-0.05, 0) is 38.1 Å². The van der Waals surface area contributed by atoms with Gasteiger partial charge in [-0.2, -0.15) is 0 Å². The van der Waals surface area contributed by atoms with Crippen molar-refractivity contribution in [3.05, 3.63) is 91.0 Å². The van der Waals surface area contributed by atoms with Crippen LogP contribution < -0.4 is 16.8 Å². The van der Waals surface area contributed by atoms with Gasteiger partial charge in [0.25, 0.3) is 0 Å². The molecule has 2 heterocycles. The largest absolute Gasteiger partial charge is 0.469 e. The monoisotopic (exact) mass is 496 g/mol. The van der Waals surface area contributed by atoms with Gasteiger partial charge in [-0.1, -0.05) is 24.3 Å². The normalized spacial score (nSPS) is 9.89. The number of hydrogen-bond acceptors (Lipinski definition) is 9. The molecule has 4 aromatic rings. The Kier molecular flexibility index (Phi) is 9.61. The molecule has 0 unspecified atom stereocenters. The second-order valence-corrected chi connectivity index (χ2v) is 7.29. The Bertz CT molecular complexity index is 1580. The van der Waals surface area contributed by atoms with Gasteiger partial charge in [0.05, 0.1) is 25.1 Å². The molecule has 0 saturated heterocycles. The molecule has 2 N–H and O–H groups in total. The number of benzene rings is 2. The summed E-state index contributed by atoms with van der Waals surface area (Å²) < 4.78 is 13.1. The van der Waals surface area contributed by atoms with Gasteiger partial charge < -0.3 is 18.9 Å². The second-order valence-electron chi connectivity index (χ2n) is 7.29. The van der Waals surface area contributed by atoms with Crippen molar-refractivity contribution in [1.29, 1.82) is 0 Å². The molecule has 11 heteroatoms. The quantitative estimate of drug-likeness (QED) is 0.319. The van der Waals surface area contributed by atoms with Crippen molar-refractivity contribution in [3.8, 4) is 0 Å². The minimum Gasteiger partial charge on any atom is -0.469 e. The zero-order chi connectivity index (χ0) is 26.8. The summed E-state index contributed by atoms with van der Waals surface area (Å²) in [7, 11) is 2.52. The molecule has 0 atom stereocenters. The third-order valence-corrected chi connectivity index (χ3v) is 4.68. The Morgan fingerprint density at radius 1 is 0.833 bits per heavy atom. The van der Waals surface area contributed by atoms with E-state index >= 15 is 0 Å². The minimum atomic E-state index is -0.723. The van der Waals surface area contributed by atoms with E-state index in [4.69, 9.17) is 0 Å². The second kappa shape index (κ2) is 12.6. The maximum absolute atomic E-state index is 12.0.